The molecule has 3 N–H and O–H groups in total. The largest absolute Gasteiger partial charge is 0.490 e. The van der Waals surface area contributed by atoms with Crippen molar-refractivity contribution in [3.05, 3.63) is 83.6 Å². The monoisotopic (exact) mass is 488 g/mol. The van der Waals surface area contributed by atoms with Crippen LogP contribution < -0.4 is 15.2 Å². The van der Waals surface area contributed by atoms with Crippen LogP contribution in [0.2, 0.25) is 0 Å². The molecular formula is C22H18F6N2O4. The molecular weight excluding hydrogens is 470 g/mol. The number of benzene rings is 2. The number of aliphatic carboxylic acids is 1. The predicted octanol–water partition coefficient (Wildman–Crippen LogP) is 5.56. The first-order valence-corrected chi connectivity index (χ1v) is 9.41. The smallest absolute Gasteiger partial charge is 0.489 e. The first kappa shape index (κ1) is 26.5. The summed E-state index contributed by atoms with van der Waals surface area (Å²) in [5, 5.41) is 7.12. The molecule has 0 amide bonds. The Kier molecular flexibility index (Phi) is 8.84. The van der Waals surface area contributed by atoms with Gasteiger partial charge < -0.3 is 20.3 Å². The molecule has 3 aromatic rings. The maximum Gasteiger partial charge on any atom is 0.490 e. The number of pyridine rings is 1. The molecule has 0 saturated carbocycles. The van der Waals surface area contributed by atoms with E-state index in [4.69, 9.17) is 25.1 Å². The van der Waals surface area contributed by atoms with Gasteiger partial charge in [-0.25, -0.2) is 9.78 Å². The fourth-order valence-electron chi connectivity index (χ4n) is 2.38. The average molecular weight is 488 g/mol. The fourth-order valence-corrected chi connectivity index (χ4v) is 2.38. The number of rotatable bonds is 6. The molecule has 3 rings (SSSR count). The summed E-state index contributed by atoms with van der Waals surface area (Å²) < 4.78 is 81.8. The van der Waals surface area contributed by atoms with Gasteiger partial charge in [-0.1, -0.05) is 30.3 Å². The summed E-state index contributed by atoms with van der Waals surface area (Å²) in [6.45, 7) is 0.248. The van der Waals surface area contributed by atoms with Gasteiger partial charge in [0.2, 0.25) is 5.88 Å². The van der Waals surface area contributed by atoms with Crippen molar-refractivity contribution in [3.8, 4) is 17.4 Å². The van der Waals surface area contributed by atoms with Crippen molar-refractivity contribution in [2.75, 3.05) is 0 Å². The fraction of sp³-hybridized carbons (Fsp3) is 0.182. The van der Waals surface area contributed by atoms with Crippen LogP contribution in [0.5, 0.6) is 17.4 Å². The van der Waals surface area contributed by atoms with Gasteiger partial charge in [-0.3, -0.25) is 0 Å². The highest BCUT2D eigenvalue weighted by atomic mass is 19.4. The standard InChI is InChI=1S/C20H17F3N2O2.C2HF3O2/c21-20(22,23)18-10-15(12-24)11-19(25-18)27-17-8-4-5-14(9-17)13-26-16-6-2-1-3-7-16;3-2(4,5)1(6)7/h1-11H,12-13,24H2;(H,6,7). The van der Waals surface area contributed by atoms with E-state index < -0.39 is 24.0 Å². The van der Waals surface area contributed by atoms with Gasteiger partial charge in [0, 0.05) is 12.6 Å². The van der Waals surface area contributed by atoms with E-state index in [1.54, 1.807) is 18.2 Å². The number of halogens is 6. The molecule has 0 radical (unpaired) electrons. The topological polar surface area (TPSA) is 94.7 Å². The SMILES string of the molecule is NCc1cc(Oc2cccc(COc3ccccc3)c2)nc(C(F)(F)F)c1.O=C(O)C(F)(F)F. The summed E-state index contributed by atoms with van der Waals surface area (Å²) in [5.41, 5.74) is 5.53. The van der Waals surface area contributed by atoms with E-state index in [2.05, 4.69) is 4.98 Å². The molecule has 0 saturated heterocycles. The second kappa shape index (κ2) is 11.4. The van der Waals surface area contributed by atoms with Crippen molar-refractivity contribution in [1.82, 2.24) is 4.98 Å². The molecule has 0 spiro atoms. The summed E-state index contributed by atoms with van der Waals surface area (Å²) in [6, 6.07) is 18.5. The van der Waals surface area contributed by atoms with Crippen LogP contribution in [0.3, 0.4) is 0 Å². The lowest BCUT2D eigenvalue weighted by Crippen LogP contribution is -2.21. The third-order valence-corrected chi connectivity index (χ3v) is 3.90. The predicted molar refractivity (Wildman–Crippen MR) is 108 cm³/mol. The molecule has 0 aliphatic carbocycles. The van der Waals surface area contributed by atoms with Gasteiger partial charge in [0.15, 0.2) is 0 Å². The number of nitrogens with zero attached hydrogens (tertiary/aromatic N) is 1. The van der Waals surface area contributed by atoms with Crippen LogP contribution in [-0.4, -0.2) is 22.2 Å². The zero-order valence-corrected chi connectivity index (χ0v) is 17.2. The van der Waals surface area contributed by atoms with E-state index in [1.165, 1.54) is 6.07 Å². The third kappa shape index (κ3) is 8.62. The number of para-hydroxylation sites is 1. The van der Waals surface area contributed by atoms with Crippen LogP contribution in [0.25, 0.3) is 0 Å². The first-order valence-electron chi connectivity index (χ1n) is 9.41. The van der Waals surface area contributed by atoms with Gasteiger partial charge >= 0.3 is 18.3 Å². The Morgan fingerprint density at radius 3 is 2.06 bits per heavy atom. The molecule has 0 bridgehead atoms. The maximum absolute atomic E-state index is 13.0. The average Bonchev–Trinajstić information content (AvgIpc) is 2.77. The molecule has 1 heterocycles. The normalized spacial score (nSPS) is 11.3. The Balaban J connectivity index is 0.000000509. The molecule has 0 aliphatic rings. The minimum atomic E-state index is -5.08. The Morgan fingerprint density at radius 2 is 1.50 bits per heavy atom. The summed E-state index contributed by atoms with van der Waals surface area (Å²) in [7, 11) is 0. The molecule has 0 fully saturated rings. The highest BCUT2D eigenvalue weighted by Gasteiger charge is 2.38. The molecule has 6 nitrogen and oxygen atoms in total. The number of carboxylic acids is 1. The number of hydrogen-bond donors (Lipinski definition) is 2. The Hall–Kier alpha value is -3.80. The number of carboxylic acid groups (broad SMARTS) is 1. The van der Waals surface area contributed by atoms with Crippen molar-refractivity contribution in [2.45, 2.75) is 25.5 Å². The van der Waals surface area contributed by atoms with Crippen molar-refractivity contribution in [1.29, 1.82) is 0 Å². The van der Waals surface area contributed by atoms with Crippen LogP contribution in [0, 0.1) is 0 Å². The molecule has 12 heteroatoms. The van der Waals surface area contributed by atoms with E-state index in [0.29, 0.717) is 12.4 Å². The number of hydrogen-bond acceptors (Lipinski definition) is 5. The Bertz CT molecular complexity index is 1090. The maximum atomic E-state index is 13.0. The number of ether oxygens (including phenoxy) is 2. The van der Waals surface area contributed by atoms with Crippen molar-refractivity contribution in [2.24, 2.45) is 5.73 Å². The molecule has 1 aromatic heterocycles. The van der Waals surface area contributed by atoms with Crippen LogP contribution in [0.4, 0.5) is 26.3 Å². The lowest BCUT2D eigenvalue weighted by atomic mass is 10.2. The lowest BCUT2D eigenvalue weighted by molar-refractivity contribution is -0.192. The summed E-state index contributed by atoms with van der Waals surface area (Å²) in [5.74, 6) is -1.84. The van der Waals surface area contributed by atoms with E-state index in [9.17, 15) is 26.3 Å². The van der Waals surface area contributed by atoms with Crippen molar-refractivity contribution < 1.29 is 45.7 Å². The second-order valence-electron chi connectivity index (χ2n) is 6.55. The van der Waals surface area contributed by atoms with Crippen molar-refractivity contribution in [3.63, 3.8) is 0 Å². The summed E-state index contributed by atoms with van der Waals surface area (Å²) in [4.78, 5) is 12.4. The van der Waals surface area contributed by atoms with E-state index in [1.807, 2.05) is 36.4 Å². The van der Waals surface area contributed by atoms with Crippen molar-refractivity contribution >= 4 is 5.97 Å². The van der Waals surface area contributed by atoms with Gasteiger partial charge in [0.25, 0.3) is 0 Å². The number of carbonyl (C=O) groups is 1. The Labute approximate surface area is 189 Å². The molecule has 2 aromatic carbocycles. The summed E-state index contributed by atoms with van der Waals surface area (Å²) in [6.07, 6.45) is -9.66. The van der Waals surface area contributed by atoms with Gasteiger partial charge in [0.1, 0.15) is 23.8 Å². The molecule has 0 atom stereocenters. The van der Waals surface area contributed by atoms with Gasteiger partial charge in [-0.05, 0) is 41.5 Å². The van der Waals surface area contributed by atoms with E-state index in [-0.39, 0.29) is 18.0 Å². The van der Waals surface area contributed by atoms with Gasteiger partial charge in [-0.2, -0.15) is 26.3 Å². The highest BCUT2D eigenvalue weighted by molar-refractivity contribution is 5.73. The van der Waals surface area contributed by atoms with Gasteiger partial charge in [-0.15, -0.1) is 0 Å². The molecule has 34 heavy (non-hydrogen) atoms. The zero-order chi connectivity index (χ0) is 25.4. The van der Waals surface area contributed by atoms with E-state index in [0.717, 1.165) is 17.4 Å². The van der Waals surface area contributed by atoms with Crippen LogP contribution in [-0.2, 0) is 24.1 Å². The minimum absolute atomic E-state index is 0.0487. The second-order valence-corrected chi connectivity index (χ2v) is 6.55. The molecule has 0 unspecified atom stereocenters. The number of aromatic nitrogens is 1. The van der Waals surface area contributed by atoms with E-state index >= 15 is 0 Å². The number of alkyl halides is 6. The summed E-state index contributed by atoms with van der Waals surface area (Å²) >= 11 is 0. The zero-order valence-electron chi connectivity index (χ0n) is 17.2. The van der Waals surface area contributed by atoms with Crippen LogP contribution >= 0.6 is 0 Å². The van der Waals surface area contributed by atoms with Crippen LogP contribution in [0.15, 0.2) is 66.7 Å². The quantitative estimate of drug-likeness (QED) is 0.441. The number of nitrogens with two attached hydrogens (primary N) is 1. The minimum Gasteiger partial charge on any atom is -0.489 e. The lowest BCUT2D eigenvalue weighted by Gasteiger charge is -2.12. The highest BCUT2D eigenvalue weighted by Crippen LogP contribution is 2.31. The first-order chi connectivity index (χ1) is 15.9. The van der Waals surface area contributed by atoms with Gasteiger partial charge in [0.05, 0.1) is 0 Å². The van der Waals surface area contributed by atoms with Crippen LogP contribution in [0.1, 0.15) is 16.8 Å². The molecule has 0 aliphatic heterocycles. The Morgan fingerprint density at radius 1 is 0.882 bits per heavy atom. The molecule has 182 valence electrons. The third-order valence-electron chi connectivity index (χ3n) is 3.90.